The van der Waals surface area contributed by atoms with Crippen LogP contribution in [0.1, 0.15) is 49.1 Å². The van der Waals surface area contributed by atoms with Crippen LogP contribution in [0.2, 0.25) is 0 Å². The number of thioether (sulfide) groups is 1. The van der Waals surface area contributed by atoms with Crippen molar-refractivity contribution in [1.29, 1.82) is 0 Å². The summed E-state index contributed by atoms with van der Waals surface area (Å²) in [5.41, 5.74) is 3.19. The lowest BCUT2D eigenvalue weighted by atomic mass is 10.0. The number of benzene rings is 2. The molecule has 2 aromatic carbocycles. The highest BCUT2D eigenvalue weighted by Gasteiger charge is 2.16. The maximum absolute atomic E-state index is 12.5. The van der Waals surface area contributed by atoms with Crippen LogP contribution in [0, 0.1) is 5.92 Å². The molecular weight excluding hydrogens is 392 g/mol. The molecule has 1 aromatic heterocycles. The molecule has 3 aromatic rings. The highest BCUT2D eigenvalue weighted by Crippen LogP contribution is 2.28. The van der Waals surface area contributed by atoms with Gasteiger partial charge < -0.3 is 5.32 Å². The lowest BCUT2D eigenvalue weighted by Crippen LogP contribution is -2.15. The molecule has 0 saturated heterocycles. The number of hydrogen-bond donors (Lipinski definition) is 2. The number of H-pyrrole nitrogens is 1. The topological polar surface area (TPSA) is 70.7 Å². The van der Waals surface area contributed by atoms with E-state index in [-0.39, 0.29) is 5.91 Å². The fourth-order valence-electron chi connectivity index (χ4n) is 4.02. The highest BCUT2D eigenvalue weighted by atomic mass is 32.2. The Hall–Kier alpha value is -2.60. The monoisotopic (exact) mass is 420 g/mol. The third-order valence-electron chi connectivity index (χ3n) is 5.64. The summed E-state index contributed by atoms with van der Waals surface area (Å²) in [6.07, 6.45) is 8.34. The van der Waals surface area contributed by atoms with Crippen molar-refractivity contribution in [2.24, 2.45) is 5.92 Å². The largest absolute Gasteiger partial charge is 0.325 e. The number of carbonyl (C=O) groups excluding carboxylic acids is 1. The van der Waals surface area contributed by atoms with E-state index < -0.39 is 0 Å². The van der Waals surface area contributed by atoms with E-state index in [0.717, 1.165) is 35.8 Å². The minimum Gasteiger partial charge on any atom is -0.325 e. The van der Waals surface area contributed by atoms with Crippen molar-refractivity contribution in [1.82, 2.24) is 15.2 Å². The van der Waals surface area contributed by atoms with Crippen molar-refractivity contribution in [2.45, 2.75) is 50.1 Å². The first-order valence-corrected chi connectivity index (χ1v) is 11.7. The molecule has 156 valence electrons. The smallest absolute Gasteiger partial charge is 0.234 e. The number of nitrogens with zero attached hydrogens (tertiary/aromatic N) is 2. The van der Waals surface area contributed by atoms with E-state index >= 15 is 0 Å². The predicted octanol–water partition coefficient (Wildman–Crippen LogP) is 5.25. The van der Waals surface area contributed by atoms with E-state index in [2.05, 4.69) is 38.7 Å². The van der Waals surface area contributed by atoms with E-state index in [9.17, 15) is 4.79 Å². The van der Waals surface area contributed by atoms with E-state index in [1.807, 2.05) is 36.4 Å². The normalized spacial score (nSPS) is 14.1. The van der Waals surface area contributed by atoms with Gasteiger partial charge in [0, 0.05) is 12.1 Å². The maximum atomic E-state index is 12.5. The summed E-state index contributed by atoms with van der Waals surface area (Å²) in [6.45, 7) is 0. The second-order valence-corrected chi connectivity index (χ2v) is 8.85. The van der Waals surface area contributed by atoms with Gasteiger partial charge >= 0.3 is 0 Å². The summed E-state index contributed by atoms with van der Waals surface area (Å²) in [5.74, 6) is 2.02. The number of hydrogen-bond acceptors (Lipinski definition) is 4. The van der Waals surface area contributed by atoms with Crippen LogP contribution >= 0.6 is 11.8 Å². The number of rotatable bonds is 9. The molecule has 0 atom stereocenters. The average molecular weight is 421 g/mol. The molecule has 6 heteroatoms. The van der Waals surface area contributed by atoms with Crippen molar-refractivity contribution in [2.75, 3.05) is 11.1 Å². The van der Waals surface area contributed by atoms with Gasteiger partial charge in [0.15, 0.2) is 0 Å². The first-order valence-electron chi connectivity index (χ1n) is 10.7. The molecule has 1 aliphatic rings. The average Bonchev–Trinajstić information content (AvgIpc) is 3.45. The SMILES string of the molecule is O=C(CSc1n[nH]c(CCC2CCCC2)n1)Nc1ccccc1Cc1ccccc1. The second-order valence-electron chi connectivity index (χ2n) is 7.91. The Balaban J connectivity index is 1.27. The Morgan fingerprint density at radius 2 is 1.83 bits per heavy atom. The summed E-state index contributed by atoms with van der Waals surface area (Å²) >= 11 is 1.37. The Morgan fingerprint density at radius 1 is 1.07 bits per heavy atom. The fourth-order valence-corrected chi connectivity index (χ4v) is 4.64. The van der Waals surface area contributed by atoms with Crippen LogP contribution in [0.15, 0.2) is 59.8 Å². The summed E-state index contributed by atoms with van der Waals surface area (Å²) < 4.78 is 0. The molecule has 1 amide bonds. The number of aromatic amines is 1. The Bertz CT molecular complexity index is 951. The summed E-state index contributed by atoms with van der Waals surface area (Å²) in [7, 11) is 0. The van der Waals surface area contributed by atoms with Crippen molar-refractivity contribution in [3.8, 4) is 0 Å². The first-order chi connectivity index (χ1) is 14.8. The zero-order valence-corrected chi connectivity index (χ0v) is 18.0. The lowest BCUT2D eigenvalue weighted by molar-refractivity contribution is -0.113. The molecule has 0 spiro atoms. The Morgan fingerprint density at radius 3 is 2.67 bits per heavy atom. The quantitative estimate of drug-likeness (QED) is 0.464. The molecular formula is C24H28N4OS. The summed E-state index contributed by atoms with van der Waals surface area (Å²) in [6, 6.07) is 18.2. The van der Waals surface area contributed by atoms with E-state index in [0.29, 0.717) is 10.9 Å². The maximum Gasteiger partial charge on any atom is 0.234 e. The van der Waals surface area contributed by atoms with Gasteiger partial charge in [0.1, 0.15) is 5.82 Å². The van der Waals surface area contributed by atoms with Crippen LogP contribution in [0.4, 0.5) is 5.69 Å². The number of anilines is 1. The van der Waals surface area contributed by atoms with Gasteiger partial charge in [0.25, 0.3) is 0 Å². The molecule has 5 nitrogen and oxygen atoms in total. The molecule has 1 aliphatic carbocycles. The van der Waals surface area contributed by atoms with Gasteiger partial charge in [-0.2, -0.15) is 0 Å². The summed E-state index contributed by atoms with van der Waals surface area (Å²) in [5, 5.41) is 11.0. The van der Waals surface area contributed by atoms with Crippen molar-refractivity contribution in [3.05, 3.63) is 71.5 Å². The van der Waals surface area contributed by atoms with Gasteiger partial charge in [0.2, 0.25) is 11.1 Å². The number of nitrogens with one attached hydrogen (secondary N) is 2. The number of amides is 1. The molecule has 4 rings (SSSR count). The van der Waals surface area contributed by atoms with Gasteiger partial charge in [-0.05, 0) is 36.0 Å². The van der Waals surface area contributed by atoms with E-state index in [4.69, 9.17) is 0 Å². The van der Waals surface area contributed by atoms with Gasteiger partial charge in [-0.1, -0.05) is 86.0 Å². The first kappa shape index (κ1) is 20.7. The molecule has 1 saturated carbocycles. The van der Waals surface area contributed by atoms with Crippen LogP contribution in [-0.2, 0) is 17.6 Å². The predicted molar refractivity (Wildman–Crippen MR) is 122 cm³/mol. The Labute approximate surface area is 182 Å². The minimum atomic E-state index is -0.0437. The van der Waals surface area contributed by atoms with Crippen LogP contribution in [0.25, 0.3) is 0 Å². The highest BCUT2D eigenvalue weighted by molar-refractivity contribution is 7.99. The molecule has 0 bridgehead atoms. The molecule has 30 heavy (non-hydrogen) atoms. The van der Waals surface area contributed by atoms with E-state index in [1.165, 1.54) is 49.4 Å². The molecule has 0 unspecified atom stereocenters. The van der Waals surface area contributed by atoms with Crippen LogP contribution in [-0.4, -0.2) is 26.8 Å². The number of aryl methyl sites for hydroxylation is 1. The van der Waals surface area contributed by atoms with Crippen LogP contribution in [0.3, 0.4) is 0 Å². The lowest BCUT2D eigenvalue weighted by Gasteiger charge is -2.11. The molecule has 0 radical (unpaired) electrons. The van der Waals surface area contributed by atoms with Crippen molar-refractivity contribution >= 4 is 23.4 Å². The number of aromatic nitrogens is 3. The van der Waals surface area contributed by atoms with Gasteiger partial charge in [-0.25, -0.2) is 4.98 Å². The number of para-hydroxylation sites is 1. The zero-order chi connectivity index (χ0) is 20.6. The number of carbonyl (C=O) groups is 1. The fraction of sp³-hybridized carbons (Fsp3) is 0.375. The van der Waals surface area contributed by atoms with Crippen molar-refractivity contribution in [3.63, 3.8) is 0 Å². The minimum absolute atomic E-state index is 0.0437. The Kier molecular flexibility index (Phi) is 7.19. The summed E-state index contributed by atoms with van der Waals surface area (Å²) in [4.78, 5) is 17.0. The standard InChI is InChI=1S/C24H28N4OS/c29-23(17-30-24-26-22(27-28-24)15-14-18-8-4-5-9-18)25-21-13-7-6-12-20(21)16-19-10-2-1-3-11-19/h1-3,6-7,10-13,18H,4-5,8-9,14-17H2,(H,25,29)(H,26,27,28). The third kappa shape index (κ3) is 5.95. The van der Waals surface area contributed by atoms with Gasteiger partial charge in [0.05, 0.1) is 5.75 Å². The van der Waals surface area contributed by atoms with Crippen LogP contribution in [0.5, 0.6) is 0 Å². The molecule has 1 heterocycles. The molecule has 2 N–H and O–H groups in total. The van der Waals surface area contributed by atoms with Gasteiger partial charge in [-0.3, -0.25) is 9.89 Å². The van der Waals surface area contributed by atoms with Crippen LogP contribution < -0.4 is 5.32 Å². The van der Waals surface area contributed by atoms with Crippen molar-refractivity contribution < 1.29 is 4.79 Å². The third-order valence-corrected chi connectivity index (χ3v) is 6.48. The zero-order valence-electron chi connectivity index (χ0n) is 17.1. The molecule has 1 fully saturated rings. The van der Waals surface area contributed by atoms with Gasteiger partial charge in [-0.15, -0.1) is 5.10 Å². The second kappa shape index (κ2) is 10.4. The molecule has 0 aliphatic heterocycles. The van der Waals surface area contributed by atoms with E-state index in [1.54, 1.807) is 0 Å².